The molecule has 0 fully saturated rings. The Kier molecular flexibility index (Phi) is 7.36. The number of amides is 1. The Morgan fingerprint density at radius 3 is 2.41 bits per heavy atom. The predicted octanol–water partition coefficient (Wildman–Crippen LogP) is 4.59. The third-order valence-electron chi connectivity index (χ3n) is 4.73. The molecule has 0 saturated heterocycles. The number of nitrogens with one attached hydrogen (secondary N) is 1. The van der Waals surface area contributed by atoms with Crippen molar-refractivity contribution >= 4 is 42.1 Å². The number of nitrogens with zero attached hydrogens (tertiary/aromatic N) is 2. The van der Waals surface area contributed by atoms with Crippen molar-refractivity contribution in [2.75, 3.05) is 6.61 Å². The first kappa shape index (κ1) is 23.2. The number of rotatable bonds is 8. The summed E-state index contributed by atoms with van der Waals surface area (Å²) in [6.07, 6.45) is 6.56. The summed E-state index contributed by atoms with van der Waals surface area (Å²) in [5.74, 6) is -0.912. The molecule has 2 aromatic carbocycles. The first-order valence-electron chi connectivity index (χ1n) is 10.1. The van der Waals surface area contributed by atoms with Crippen molar-refractivity contribution in [3.63, 3.8) is 0 Å². The van der Waals surface area contributed by atoms with Crippen LogP contribution in [0.15, 0.2) is 79.1 Å². The van der Waals surface area contributed by atoms with Gasteiger partial charge in [-0.1, -0.05) is 24.3 Å². The Hall–Kier alpha value is -3.95. The lowest BCUT2D eigenvalue weighted by Crippen LogP contribution is -2.11. The van der Waals surface area contributed by atoms with E-state index in [-0.39, 0.29) is 5.91 Å². The molecule has 0 saturated carbocycles. The van der Waals surface area contributed by atoms with Gasteiger partial charge in [0.2, 0.25) is 5.91 Å². The van der Waals surface area contributed by atoms with E-state index in [0.717, 1.165) is 37.8 Å². The van der Waals surface area contributed by atoms with Crippen LogP contribution < -0.4 is 9.46 Å². The van der Waals surface area contributed by atoms with Crippen LogP contribution in [-0.2, 0) is 22.4 Å². The van der Waals surface area contributed by atoms with E-state index in [1.807, 2.05) is 48.5 Å². The fourth-order valence-corrected chi connectivity index (χ4v) is 4.28. The molecular weight excluding hydrogens is 470 g/mol. The molecule has 0 unspecified atom stereocenters. The Morgan fingerprint density at radius 2 is 1.76 bits per heavy atom. The normalized spacial score (nSPS) is 10.9. The molecule has 1 amide bonds. The molecule has 170 valence electrons. The number of carbonyl (C=O) groups is 2. The van der Waals surface area contributed by atoms with Crippen molar-refractivity contribution in [2.24, 2.45) is 0 Å². The minimum Gasteiger partial charge on any atom is -0.667 e. The minimum absolute atomic E-state index is 0.347. The summed E-state index contributed by atoms with van der Waals surface area (Å²) in [7, 11) is 0. The molecule has 0 aliphatic rings. The molecule has 2 N–H and O–H groups in total. The van der Waals surface area contributed by atoms with Gasteiger partial charge in [-0.25, -0.2) is 9.78 Å². The zero-order valence-electron chi connectivity index (χ0n) is 17.7. The SMILES string of the molecule is O=C(O)COc1ccc(-c2nc(-c3cccnc3)sc2-c2ccc(/C=C/C(=O)N[S-])cc2)cc1. The van der Waals surface area contributed by atoms with Gasteiger partial charge in [0.05, 0.1) is 10.6 Å². The number of hydrogen-bond donors (Lipinski definition) is 2. The van der Waals surface area contributed by atoms with Gasteiger partial charge < -0.3 is 27.4 Å². The standard InChI is InChI=1S/C25H18N3O4S2/c29-21(28-33)12-5-16-3-6-18(7-4-16)24-23(27-25(34-24)19-2-1-13-26-14-19)17-8-10-20(11-9-17)32-15-22(30)31/h1-14H,15H2,(H2-,28,29,30,31,33)/q-1/b12-5+. The fourth-order valence-electron chi connectivity index (χ4n) is 3.13. The number of benzene rings is 2. The summed E-state index contributed by atoms with van der Waals surface area (Å²) >= 11 is 6.07. The highest BCUT2D eigenvalue weighted by molar-refractivity contribution is 7.57. The van der Waals surface area contributed by atoms with Crippen LogP contribution in [0.2, 0.25) is 0 Å². The van der Waals surface area contributed by atoms with Gasteiger partial charge in [-0.05, 0) is 53.6 Å². The molecule has 9 heteroatoms. The number of carboxylic acids is 1. The lowest BCUT2D eigenvalue weighted by atomic mass is 10.0. The summed E-state index contributed by atoms with van der Waals surface area (Å²) in [6, 6.07) is 18.8. The first-order valence-corrected chi connectivity index (χ1v) is 11.3. The van der Waals surface area contributed by atoms with Crippen molar-refractivity contribution in [3.05, 3.63) is 84.7 Å². The topological polar surface area (TPSA) is 101 Å². The molecule has 0 bridgehead atoms. The Labute approximate surface area is 205 Å². The van der Waals surface area contributed by atoms with Crippen LogP contribution in [0.4, 0.5) is 0 Å². The average Bonchev–Trinajstić information content (AvgIpc) is 3.32. The number of pyridine rings is 1. The smallest absolute Gasteiger partial charge is 0.341 e. The van der Waals surface area contributed by atoms with Crippen LogP contribution in [-0.4, -0.2) is 33.6 Å². The maximum absolute atomic E-state index is 11.4. The van der Waals surface area contributed by atoms with Gasteiger partial charge in [0.15, 0.2) is 6.61 Å². The number of ether oxygens (including phenoxy) is 1. The van der Waals surface area contributed by atoms with E-state index in [2.05, 4.69) is 22.5 Å². The zero-order chi connectivity index (χ0) is 23.9. The highest BCUT2D eigenvalue weighted by Crippen LogP contribution is 2.40. The van der Waals surface area contributed by atoms with Crippen molar-refractivity contribution < 1.29 is 19.4 Å². The molecule has 0 aliphatic carbocycles. The molecule has 0 atom stereocenters. The number of carbonyl (C=O) groups excluding carboxylic acids is 1. The molecule has 0 radical (unpaired) electrons. The molecule has 2 heterocycles. The van der Waals surface area contributed by atoms with Crippen molar-refractivity contribution in [1.82, 2.24) is 14.7 Å². The summed E-state index contributed by atoms with van der Waals surface area (Å²) in [5, 5.41) is 9.64. The van der Waals surface area contributed by atoms with E-state index in [9.17, 15) is 9.59 Å². The number of aliphatic carboxylic acids is 1. The number of carboxylic acid groups (broad SMARTS) is 1. The summed E-state index contributed by atoms with van der Waals surface area (Å²) in [6.45, 7) is -0.401. The van der Waals surface area contributed by atoms with E-state index in [4.69, 9.17) is 14.8 Å². The largest absolute Gasteiger partial charge is 0.667 e. The van der Waals surface area contributed by atoms with E-state index >= 15 is 0 Å². The van der Waals surface area contributed by atoms with Crippen LogP contribution in [0.1, 0.15) is 5.56 Å². The number of aromatic nitrogens is 2. The Bertz CT molecular complexity index is 1320. The molecule has 2 aromatic heterocycles. The lowest BCUT2D eigenvalue weighted by molar-refractivity contribution is -0.139. The molecule has 7 nitrogen and oxygen atoms in total. The minimum atomic E-state index is -1.03. The molecule has 0 aliphatic heterocycles. The second kappa shape index (κ2) is 10.8. The highest BCUT2D eigenvalue weighted by Gasteiger charge is 2.16. The molecule has 0 spiro atoms. The van der Waals surface area contributed by atoms with Gasteiger partial charge in [-0.15, -0.1) is 11.3 Å². The van der Waals surface area contributed by atoms with Crippen LogP contribution in [0.3, 0.4) is 0 Å². The van der Waals surface area contributed by atoms with E-state index < -0.39 is 12.6 Å². The zero-order valence-corrected chi connectivity index (χ0v) is 19.3. The summed E-state index contributed by atoms with van der Waals surface area (Å²) < 4.78 is 7.38. The lowest BCUT2D eigenvalue weighted by Gasteiger charge is -2.06. The van der Waals surface area contributed by atoms with Crippen molar-refractivity contribution in [1.29, 1.82) is 0 Å². The summed E-state index contributed by atoms with van der Waals surface area (Å²) in [5.41, 5.74) is 4.41. The third kappa shape index (κ3) is 5.69. The quantitative estimate of drug-likeness (QED) is 0.276. The van der Waals surface area contributed by atoms with Gasteiger partial charge in [-0.2, -0.15) is 0 Å². The molecule has 4 aromatic rings. The van der Waals surface area contributed by atoms with Gasteiger partial charge in [-0.3, -0.25) is 9.78 Å². The number of thiazole rings is 1. The van der Waals surface area contributed by atoms with Gasteiger partial charge in [0.25, 0.3) is 0 Å². The van der Waals surface area contributed by atoms with Gasteiger partial charge >= 0.3 is 5.97 Å². The molecule has 4 rings (SSSR count). The number of hydrogen-bond acceptors (Lipinski definition) is 7. The van der Waals surface area contributed by atoms with Crippen LogP contribution in [0, 0.1) is 0 Å². The fraction of sp³-hybridized carbons (Fsp3) is 0.0400. The predicted molar refractivity (Wildman–Crippen MR) is 134 cm³/mol. The first-order chi connectivity index (χ1) is 16.5. The monoisotopic (exact) mass is 488 g/mol. The second-order valence-corrected chi connectivity index (χ2v) is 8.27. The van der Waals surface area contributed by atoms with E-state index in [1.54, 1.807) is 41.9 Å². The van der Waals surface area contributed by atoms with E-state index in [0.29, 0.717) is 5.75 Å². The van der Waals surface area contributed by atoms with Gasteiger partial charge in [0, 0.05) is 29.6 Å². The maximum atomic E-state index is 11.4. The van der Waals surface area contributed by atoms with Crippen LogP contribution >= 0.6 is 11.3 Å². The van der Waals surface area contributed by atoms with Crippen LogP contribution in [0.5, 0.6) is 5.75 Å². The maximum Gasteiger partial charge on any atom is 0.341 e. The molecule has 34 heavy (non-hydrogen) atoms. The van der Waals surface area contributed by atoms with Crippen molar-refractivity contribution in [2.45, 2.75) is 0 Å². The molecular formula is C25H18N3O4S2-. The van der Waals surface area contributed by atoms with E-state index in [1.165, 1.54) is 6.08 Å². The van der Waals surface area contributed by atoms with Crippen LogP contribution in [0.25, 0.3) is 38.3 Å². The Balaban J connectivity index is 1.70. The average molecular weight is 489 g/mol. The highest BCUT2D eigenvalue weighted by atomic mass is 32.1. The third-order valence-corrected chi connectivity index (χ3v) is 6.08. The van der Waals surface area contributed by atoms with Gasteiger partial charge in [0.1, 0.15) is 10.8 Å². The second-order valence-electron chi connectivity index (χ2n) is 7.07. The Morgan fingerprint density at radius 1 is 1.03 bits per heavy atom. The summed E-state index contributed by atoms with van der Waals surface area (Å²) in [4.78, 5) is 32.2. The van der Waals surface area contributed by atoms with Crippen molar-refractivity contribution in [3.8, 4) is 38.0 Å².